The third kappa shape index (κ3) is 6.15. The van der Waals surface area contributed by atoms with E-state index in [1.807, 2.05) is 6.07 Å². The SMILES string of the molecule is COC(=O)CC(NC(=O)CCc1ccc(OC)c(Cl)c1)c1ccccc1Cl. The third-order valence-corrected chi connectivity index (χ3v) is 4.71. The number of hydrogen-bond acceptors (Lipinski definition) is 4. The number of hydrogen-bond donors (Lipinski definition) is 1. The van der Waals surface area contributed by atoms with Crippen LogP contribution in [0.3, 0.4) is 0 Å². The van der Waals surface area contributed by atoms with Crippen molar-refractivity contribution in [3.05, 3.63) is 63.6 Å². The minimum atomic E-state index is -0.557. The van der Waals surface area contributed by atoms with Crippen molar-refractivity contribution in [3.63, 3.8) is 0 Å². The number of ether oxygens (including phenoxy) is 2. The first kappa shape index (κ1) is 21.1. The Labute approximate surface area is 168 Å². The Morgan fingerprint density at radius 1 is 1.07 bits per heavy atom. The number of halogens is 2. The lowest BCUT2D eigenvalue weighted by molar-refractivity contribution is -0.141. The topological polar surface area (TPSA) is 64.6 Å². The molecular weight excluding hydrogens is 389 g/mol. The van der Waals surface area contributed by atoms with E-state index in [2.05, 4.69) is 5.32 Å². The van der Waals surface area contributed by atoms with Crippen molar-refractivity contribution in [3.8, 4) is 5.75 Å². The zero-order valence-corrected chi connectivity index (χ0v) is 16.6. The van der Waals surface area contributed by atoms with Gasteiger partial charge in [0, 0.05) is 11.4 Å². The quantitative estimate of drug-likeness (QED) is 0.657. The van der Waals surface area contributed by atoms with Crippen molar-refractivity contribution in [1.82, 2.24) is 5.32 Å². The molecular formula is C20H21Cl2NO4. The summed E-state index contributed by atoms with van der Waals surface area (Å²) in [6, 6.07) is 11.9. The van der Waals surface area contributed by atoms with Crippen LogP contribution in [0.2, 0.25) is 10.0 Å². The first-order valence-corrected chi connectivity index (χ1v) is 9.13. The van der Waals surface area contributed by atoms with Crippen molar-refractivity contribution in [2.24, 2.45) is 0 Å². The van der Waals surface area contributed by atoms with E-state index in [1.54, 1.807) is 43.5 Å². The zero-order valence-electron chi connectivity index (χ0n) is 15.1. The molecule has 1 N–H and O–H groups in total. The van der Waals surface area contributed by atoms with Gasteiger partial charge in [-0.2, -0.15) is 0 Å². The molecule has 0 saturated heterocycles. The number of amides is 1. The molecule has 0 radical (unpaired) electrons. The maximum absolute atomic E-state index is 12.4. The highest BCUT2D eigenvalue weighted by Gasteiger charge is 2.21. The first-order valence-electron chi connectivity index (χ1n) is 8.37. The average molecular weight is 410 g/mol. The Morgan fingerprint density at radius 3 is 2.44 bits per heavy atom. The average Bonchev–Trinajstić information content (AvgIpc) is 2.66. The fourth-order valence-corrected chi connectivity index (χ4v) is 3.18. The Hall–Kier alpha value is -2.24. The van der Waals surface area contributed by atoms with Crippen LogP contribution in [0.1, 0.15) is 30.0 Å². The second-order valence-electron chi connectivity index (χ2n) is 5.89. The fraction of sp³-hybridized carbons (Fsp3) is 0.300. The number of carbonyl (C=O) groups excluding carboxylic acids is 2. The third-order valence-electron chi connectivity index (χ3n) is 4.07. The van der Waals surface area contributed by atoms with Crippen molar-refractivity contribution in [2.75, 3.05) is 14.2 Å². The number of rotatable bonds is 8. The Kier molecular flexibility index (Phi) is 7.95. The molecule has 0 aliphatic heterocycles. The van der Waals surface area contributed by atoms with Gasteiger partial charge in [-0.1, -0.05) is 47.5 Å². The van der Waals surface area contributed by atoms with Gasteiger partial charge < -0.3 is 14.8 Å². The van der Waals surface area contributed by atoms with E-state index in [9.17, 15) is 9.59 Å². The molecule has 0 heterocycles. The van der Waals surface area contributed by atoms with E-state index in [1.165, 1.54) is 7.11 Å². The minimum absolute atomic E-state index is 0.000335. The van der Waals surface area contributed by atoms with Gasteiger partial charge in [0.05, 0.1) is 31.7 Å². The van der Waals surface area contributed by atoms with Crippen LogP contribution in [0, 0.1) is 0 Å². The van der Waals surface area contributed by atoms with Crippen molar-refractivity contribution >= 4 is 35.1 Å². The van der Waals surface area contributed by atoms with Crippen LogP contribution in [0.4, 0.5) is 0 Å². The summed E-state index contributed by atoms with van der Waals surface area (Å²) in [5.41, 5.74) is 1.59. The second-order valence-corrected chi connectivity index (χ2v) is 6.71. The van der Waals surface area contributed by atoms with Crippen molar-refractivity contribution in [1.29, 1.82) is 0 Å². The molecule has 144 valence electrons. The summed E-state index contributed by atoms with van der Waals surface area (Å²) < 4.78 is 9.85. The molecule has 0 fully saturated rings. The standard InChI is InChI=1S/C20H21Cl2NO4/c1-26-18-9-7-13(11-16(18)22)8-10-19(24)23-17(12-20(25)27-2)14-5-3-4-6-15(14)21/h3-7,9,11,17H,8,10,12H2,1-2H3,(H,23,24). The smallest absolute Gasteiger partial charge is 0.307 e. The lowest BCUT2D eigenvalue weighted by Crippen LogP contribution is -2.30. The summed E-state index contributed by atoms with van der Waals surface area (Å²) in [4.78, 5) is 24.1. The minimum Gasteiger partial charge on any atom is -0.495 e. The van der Waals surface area contributed by atoms with E-state index in [0.29, 0.717) is 27.8 Å². The molecule has 1 amide bonds. The maximum atomic E-state index is 12.4. The number of esters is 1. The molecule has 1 unspecified atom stereocenters. The van der Waals surface area contributed by atoms with Gasteiger partial charge in [-0.25, -0.2) is 0 Å². The van der Waals surface area contributed by atoms with Crippen LogP contribution in [0.15, 0.2) is 42.5 Å². The molecule has 0 saturated carbocycles. The highest BCUT2D eigenvalue weighted by Crippen LogP contribution is 2.27. The molecule has 2 rings (SSSR count). The molecule has 5 nitrogen and oxygen atoms in total. The molecule has 0 spiro atoms. The van der Waals surface area contributed by atoms with E-state index in [-0.39, 0.29) is 18.7 Å². The fourth-order valence-electron chi connectivity index (χ4n) is 2.64. The van der Waals surface area contributed by atoms with Gasteiger partial charge in [-0.05, 0) is 35.7 Å². The highest BCUT2D eigenvalue weighted by molar-refractivity contribution is 6.32. The van der Waals surface area contributed by atoms with Gasteiger partial charge in [0.15, 0.2) is 0 Å². The molecule has 0 aromatic heterocycles. The normalized spacial score (nSPS) is 11.6. The number of carbonyl (C=O) groups is 2. The van der Waals surface area contributed by atoms with Crippen LogP contribution >= 0.6 is 23.2 Å². The molecule has 2 aromatic rings. The van der Waals surface area contributed by atoms with Gasteiger partial charge in [0.2, 0.25) is 5.91 Å². The number of aryl methyl sites for hydroxylation is 1. The van der Waals surface area contributed by atoms with E-state index in [0.717, 1.165) is 5.56 Å². The monoisotopic (exact) mass is 409 g/mol. The van der Waals surface area contributed by atoms with Crippen molar-refractivity contribution < 1.29 is 19.1 Å². The molecule has 1 atom stereocenters. The second kappa shape index (κ2) is 10.2. The molecule has 0 bridgehead atoms. The molecule has 7 heteroatoms. The zero-order chi connectivity index (χ0) is 19.8. The van der Waals surface area contributed by atoms with Crippen LogP contribution in [-0.4, -0.2) is 26.1 Å². The lowest BCUT2D eigenvalue weighted by Gasteiger charge is -2.19. The molecule has 0 aliphatic rings. The number of methoxy groups -OCH3 is 2. The Bertz CT molecular complexity index is 810. The molecule has 2 aromatic carbocycles. The van der Waals surface area contributed by atoms with Gasteiger partial charge in [0.25, 0.3) is 0 Å². The van der Waals surface area contributed by atoms with Crippen LogP contribution < -0.4 is 10.1 Å². The number of benzene rings is 2. The Morgan fingerprint density at radius 2 is 1.81 bits per heavy atom. The maximum Gasteiger partial charge on any atom is 0.307 e. The molecule has 27 heavy (non-hydrogen) atoms. The summed E-state index contributed by atoms with van der Waals surface area (Å²) in [5.74, 6) is -0.0420. The summed E-state index contributed by atoms with van der Waals surface area (Å²) in [7, 11) is 2.85. The number of nitrogens with one attached hydrogen (secondary N) is 1. The van der Waals surface area contributed by atoms with Gasteiger partial charge >= 0.3 is 5.97 Å². The summed E-state index contributed by atoms with van der Waals surface area (Å²) in [6.07, 6.45) is 0.744. The predicted octanol–water partition coefficient (Wildman–Crippen LogP) is 4.36. The van der Waals surface area contributed by atoms with E-state index < -0.39 is 12.0 Å². The summed E-state index contributed by atoms with van der Waals surface area (Å²) in [5, 5.41) is 3.84. The van der Waals surface area contributed by atoms with Gasteiger partial charge in [-0.3, -0.25) is 9.59 Å². The molecule has 0 aliphatic carbocycles. The summed E-state index contributed by atoms with van der Waals surface area (Å²) >= 11 is 12.3. The largest absolute Gasteiger partial charge is 0.495 e. The first-order chi connectivity index (χ1) is 12.9. The van der Waals surface area contributed by atoms with Crippen LogP contribution in [-0.2, 0) is 20.7 Å². The highest BCUT2D eigenvalue weighted by atomic mass is 35.5. The predicted molar refractivity (Wildman–Crippen MR) is 105 cm³/mol. The van der Waals surface area contributed by atoms with Gasteiger partial charge in [-0.15, -0.1) is 0 Å². The van der Waals surface area contributed by atoms with E-state index in [4.69, 9.17) is 32.7 Å². The van der Waals surface area contributed by atoms with Gasteiger partial charge in [0.1, 0.15) is 5.75 Å². The van der Waals surface area contributed by atoms with Crippen molar-refractivity contribution in [2.45, 2.75) is 25.3 Å². The Balaban J connectivity index is 2.04. The van der Waals surface area contributed by atoms with Crippen LogP contribution in [0.5, 0.6) is 5.75 Å². The lowest BCUT2D eigenvalue weighted by atomic mass is 10.0. The van der Waals surface area contributed by atoms with Crippen LogP contribution in [0.25, 0.3) is 0 Å². The summed E-state index contributed by atoms with van der Waals surface area (Å²) in [6.45, 7) is 0. The van der Waals surface area contributed by atoms with E-state index >= 15 is 0 Å².